The molecule has 5 heteroatoms. The molecular formula is C19H23ClN2O2. The second kappa shape index (κ2) is 7.14. The Labute approximate surface area is 148 Å². The Kier molecular flexibility index (Phi) is 5.40. The molecule has 0 aliphatic rings. The SMILES string of the molecule is Cc1cc(N)c(NC(=O)COc2ccc(C(C)(C)C)cc2)cc1Cl. The first-order chi connectivity index (χ1) is 11.2. The number of ether oxygens (including phenoxy) is 1. The summed E-state index contributed by atoms with van der Waals surface area (Å²) in [5.41, 5.74) is 9.00. The summed E-state index contributed by atoms with van der Waals surface area (Å²) in [6, 6.07) is 11.1. The molecule has 0 aliphatic carbocycles. The lowest BCUT2D eigenvalue weighted by Gasteiger charge is -2.19. The van der Waals surface area contributed by atoms with Crippen LogP contribution >= 0.6 is 11.6 Å². The van der Waals surface area contributed by atoms with Gasteiger partial charge >= 0.3 is 0 Å². The van der Waals surface area contributed by atoms with Gasteiger partial charge in [0.05, 0.1) is 11.4 Å². The van der Waals surface area contributed by atoms with Crippen LogP contribution in [0.15, 0.2) is 36.4 Å². The molecule has 0 bridgehead atoms. The van der Waals surface area contributed by atoms with Crippen LogP contribution in [-0.4, -0.2) is 12.5 Å². The van der Waals surface area contributed by atoms with Crippen molar-refractivity contribution in [2.24, 2.45) is 0 Å². The molecule has 0 saturated heterocycles. The lowest BCUT2D eigenvalue weighted by Crippen LogP contribution is -2.21. The number of aryl methyl sites for hydroxylation is 1. The predicted octanol–water partition coefficient (Wildman–Crippen LogP) is 4.55. The third-order valence-electron chi connectivity index (χ3n) is 3.70. The first-order valence-electron chi connectivity index (χ1n) is 7.75. The zero-order valence-electron chi connectivity index (χ0n) is 14.4. The van der Waals surface area contributed by atoms with Gasteiger partial charge < -0.3 is 15.8 Å². The average molecular weight is 347 g/mol. The van der Waals surface area contributed by atoms with Gasteiger partial charge in [-0.25, -0.2) is 0 Å². The van der Waals surface area contributed by atoms with Crippen LogP contribution in [0, 0.1) is 6.92 Å². The highest BCUT2D eigenvalue weighted by atomic mass is 35.5. The van der Waals surface area contributed by atoms with Crippen molar-refractivity contribution >= 4 is 28.9 Å². The number of amides is 1. The fraction of sp³-hybridized carbons (Fsp3) is 0.316. The van der Waals surface area contributed by atoms with Gasteiger partial charge in [-0.2, -0.15) is 0 Å². The summed E-state index contributed by atoms with van der Waals surface area (Å²) in [4.78, 5) is 12.0. The Morgan fingerprint density at radius 1 is 1.21 bits per heavy atom. The summed E-state index contributed by atoms with van der Waals surface area (Å²) in [5, 5.41) is 3.26. The van der Waals surface area contributed by atoms with Gasteiger partial charge in [0.15, 0.2) is 6.61 Å². The molecule has 0 spiro atoms. The number of halogens is 1. The van der Waals surface area contributed by atoms with E-state index in [-0.39, 0.29) is 17.9 Å². The first-order valence-corrected chi connectivity index (χ1v) is 8.13. The molecule has 0 saturated carbocycles. The number of hydrogen-bond acceptors (Lipinski definition) is 3. The molecular weight excluding hydrogens is 324 g/mol. The van der Waals surface area contributed by atoms with Crippen molar-refractivity contribution in [3.63, 3.8) is 0 Å². The molecule has 2 aromatic rings. The number of nitrogen functional groups attached to an aromatic ring is 1. The maximum atomic E-state index is 12.0. The smallest absolute Gasteiger partial charge is 0.262 e. The highest BCUT2D eigenvalue weighted by molar-refractivity contribution is 6.31. The maximum absolute atomic E-state index is 12.0. The van der Waals surface area contributed by atoms with E-state index >= 15 is 0 Å². The quantitative estimate of drug-likeness (QED) is 0.798. The van der Waals surface area contributed by atoms with E-state index in [9.17, 15) is 4.79 Å². The Hall–Kier alpha value is -2.20. The highest BCUT2D eigenvalue weighted by Crippen LogP contribution is 2.27. The monoisotopic (exact) mass is 346 g/mol. The lowest BCUT2D eigenvalue weighted by atomic mass is 9.87. The first kappa shape index (κ1) is 18.1. The van der Waals surface area contributed by atoms with E-state index in [1.165, 1.54) is 5.56 Å². The van der Waals surface area contributed by atoms with Crippen molar-refractivity contribution in [3.8, 4) is 5.75 Å². The second-order valence-corrected chi connectivity index (χ2v) is 7.21. The normalized spacial score (nSPS) is 11.2. The van der Waals surface area contributed by atoms with Gasteiger partial charge in [-0.05, 0) is 47.7 Å². The van der Waals surface area contributed by atoms with E-state index in [4.69, 9.17) is 22.1 Å². The third kappa shape index (κ3) is 4.65. The predicted molar refractivity (Wildman–Crippen MR) is 99.9 cm³/mol. The van der Waals surface area contributed by atoms with Gasteiger partial charge in [-0.3, -0.25) is 4.79 Å². The Morgan fingerprint density at radius 3 is 2.42 bits per heavy atom. The Bertz CT molecular complexity index is 734. The molecule has 0 radical (unpaired) electrons. The van der Waals surface area contributed by atoms with Crippen LogP contribution in [0.5, 0.6) is 5.75 Å². The van der Waals surface area contributed by atoms with E-state index in [0.29, 0.717) is 22.1 Å². The van der Waals surface area contributed by atoms with Crippen LogP contribution in [0.4, 0.5) is 11.4 Å². The van der Waals surface area contributed by atoms with Crippen LogP contribution in [0.1, 0.15) is 31.9 Å². The van der Waals surface area contributed by atoms with Gasteiger partial charge in [0.1, 0.15) is 5.75 Å². The van der Waals surface area contributed by atoms with E-state index in [0.717, 1.165) is 5.56 Å². The van der Waals surface area contributed by atoms with Crippen LogP contribution in [0.3, 0.4) is 0 Å². The molecule has 2 rings (SSSR count). The number of hydrogen-bond donors (Lipinski definition) is 2. The largest absolute Gasteiger partial charge is 0.484 e. The summed E-state index contributed by atoms with van der Waals surface area (Å²) < 4.78 is 5.52. The van der Waals surface area contributed by atoms with Crippen molar-refractivity contribution in [2.75, 3.05) is 17.7 Å². The summed E-state index contributed by atoms with van der Waals surface area (Å²) in [5.74, 6) is 0.356. The minimum Gasteiger partial charge on any atom is -0.484 e. The van der Waals surface area contributed by atoms with E-state index in [2.05, 4.69) is 26.1 Å². The maximum Gasteiger partial charge on any atom is 0.262 e. The molecule has 1 amide bonds. The Balaban J connectivity index is 1.95. The number of carbonyl (C=O) groups is 1. The van der Waals surface area contributed by atoms with Crippen LogP contribution < -0.4 is 15.8 Å². The number of nitrogens with two attached hydrogens (primary N) is 1. The molecule has 4 nitrogen and oxygen atoms in total. The summed E-state index contributed by atoms with van der Waals surface area (Å²) >= 11 is 6.06. The molecule has 0 atom stereocenters. The number of rotatable bonds is 4. The lowest BCUT2D eigenvalue weighted by molar-refractivity contribution is -0.118. The van der Waals surface area contributed by atoms with E-state index in [1.807, 2.05) is 31.2 Å². The molecule has 24 heavy (non-hydrogen) atoms. The van der Waals surface area contributed by atoms with Gasteiger partial charge in [0.2, 0.25) is 0 Å². The number of anilines is 2. The zero-order valence-corrected chi connectivity index (χ0v) is 15.2. The van der Waals surface area contributed by atoms with Crippen molar-refractivity contribution < 1.29 is 9.53 Å². The molecule has 0 aromatic heterocycles. The summed E-state index contributed by atoms with van der Waals surface area (Å²) in [7, 11) is 0. The standard InChI is InChI=1S/C19H23ClN2O2/c1-12-9-16(21)17(10-15(12)20)22-18(23)11-24-14-7-5-13(6-8-14)19(2,3)4/h5-10H,11,21H2,1-4H3,(H,22,23). The van der Waals surface area contributed by atoms with Crippen molar-refractivity contribution in [1.82, 2.24) is 0 Å². The molecule has 0 fully saturated rings. The molecule has 0 unspecified atom stereocenters. The van der Waals surface area contributed by atoms with Gasteiger partial charge in [0.25, 0.3) is 5.91 Å². The van der Waals surface area contributed by atoms with Crippen molar-refractivity contribution in [1.29, 1.82) is 0 Å². The van der Waals surface area contributed by atoms with Crippen molar-refractivity contribution in [3.05, 3.63) is 52.5 Å². The second-order valence-electron chi connectivity index (χ2n) is 6.80. The number of nitrogens with one attached hydrogen (secondary N) is 1. The Morgan fingerprint density at radius 2 is 1.83 bits per heavy atom. The topological polar surface area (TPSA) is 64.3 Å². The van der Waals surface area contributed by atoms with Gasteiger partial charge in [-0.1, -0.05) is 44.5 Å². The number of benzene rings is 2. The zero-order chi connectivity index (χ0) is 17.9. The van der Waals surface area contributed by atoms with Crippen LogP contribution in [-0.2, 0) is 10.2 Å². The van der Waals surface area contributed by atoms with Crippen LogP contribution in [0.25, 0.3) is 0 Å². The molecule has 3 N–H and O–H groups in total. The molecule has 128 valence electrons. The molecule has 2 aromatic carbocycles. The van der Waals surface area contributed by atoms with E-state index in [1.54, 1.807) is 12.1 Å². The van der Waals surface area contributed by atoms with E-state index < -0.39 is 0 Å². The molecule has 0 heterocycles. The highest BCUT2D eigenvalue weighted by Gasteiger charge is 2.13. The fourth-order valence-electron chi connectivity index (χ4n) is 2.20. The fourth-order valence-corrected chi connectivity index (χ4v) is 2.36. The average Bonchev–Trinajstić information content (AvgIpc) is 2.50. The minimum atomic E-state index is -0.290. The number of carbonyl (C=O) groups excluding carboxylic acids is 1. The van der Waals surface area contributed by atoms with Crippen molar-refractivity contribution in [2.45, 2.75) is 33.1 Å². The minimum absolute atomic E-state index is 0.0815. The van der Waals surface area contributed by atoms with Crippen LogP contribution in [0.2, 0.25) is 5.02 Å². The third-order valence-corrected chi connectivity index (χ3v) is 4.10. The van der Waals surface area contributed by atoms with Gasteiger partial charge in [0, 0.05) is 5.02 Å². The summed E-state index contributed by atoms with van der Waals surface area (Å²) in [6.07, 6.45) is 0. The van der Waals surface area contributed by atoms with Gasteiger partial charge in [-0.15, -0.1) is 0 Å². The molecule has 0 aliphatic heterocycles. The summed E-state index contributed by atoms with van der Waals surface area (Å²) in [6.45, 7) is 8.20.